The Morgan fingerprint density at radius 2 is 1.25 bits per heavy atom. The van der Waals surface area contributed by atoms with Gasteiger partial charge in [0.2, 0.25) is 5.91 Å². The molecule has 0 unspecified atom stereocenters. The monoisotopic (exact) mass is 571 g/mol. The standard InChI is InChI=1S/C22H38INO8/c1-19(25)17-22(18-20(23)26)4-6-24(7-5-22)21(27)3-8-29-11-12-31-15-16-32-14-13-30-10-9-28-2/h3-18H2,1-2H3. The van der Waals surface area contributed by atoms with Gasteiger partial charge in [-0.05, 0) is 47.8 Å². The summed E-state index contributed by atoms with van der Waals surface area (Å²) in [5.74, 6) is 0.140. The predicted molar refractivity (Wildman–Crippen MR) is 127 cm³/mol. The third kappa shape index (κ3) is 13.8. The first-order valence-electron chi connectivity index (χ1n) is 11.1. The Bertz CT molecular complexity index is 534. The maximum Gasteiger partial charge on any atom is 0.224 e. The number of piperidine rings is 1. The summed E-state index contributed by atoms with van der Waals surface area (Å²) in [6.45, 7) is 7.11. The summed E-state index contributed by atoms with van der Waals surface area (Å²) in [4.78, 5) is 37.5. The Labute approximate surface area is 204 Å². The molecule has 1 aliphatic heterocycles. The smallest absolute Gasteiger partial charge is 0.224 e. The zero-order valence-corrected chi connectivity index (χ0v) is 21.6. The number of Topliss-reactive ketones (excluding diaryl/α,β-unsaturated/α-hetero) is 1. The van der Waals surface area contributed by atoms with Crippen LogP contribution in [0.2, 0.25) is 0 Å². The van der Waals surface area contributed by atoms with E-state index in [0.29, 0.717) is 105 Å². The van der Waals surface area contributed by atoms with E-state index < -0.39 is 0 Å². The lowest BCUT2D eigenvalue weighted by atomic mass is 9.72. The van der Waals surface area contributed by atoms with Crippen LogP contribution >= 0.6 is 22.6 Å². The topological polar surface area (TPSA) is 101 Å². The van der Waals surface area contributed by atoms with Crippen LogP contribution in [-0.2, 0) is 38.1 Å². The van der Waals surface area contributed by atoms with Crippen LogP contribution in [0.4, 0.5) is 0 Å². The fourth-order valence-corrected chi connectivity index (χ4v) is 4.50. The number of hydrogen-bond donors (Lipinski definition) is 0. The highest BCUT2D eigenvalue weighted by Crippen LogP contribution is 2.39. The predicted octanol–water partition coefficient (Wildman–Crippen LogP) is 2.03. The van der Waals surface area contributed by atoms with Crippen LogP contribution in [0.1, 0.15) is 39.0 Å². The molecule has 0 saturated carbocycles. The summed E-state index contributed by atoms with van der Waals surface area (Å²) < 4.78 is 26.5. The molecule has 32 heavy (non-hydrogen) atoms. The van der Waals surface area contributed by atoms with E-state index in [0.717, 1.165) is 0 Å². The molecule has 0 N–H and O–H groups in total. The van der Waals surface area contributed by atoms with E-state index in [1.54, 1.807) is 36.6 Å². The van der Waals surface area contributed by atoms with Gasteiger partial charge in [-0.3, -0.25) is 9.59 Å². The Balaban J connectivity index is 2.04. The number of halogens is 1. The maximum absolute atomic E-state index is 12.4. The van der Waals surface area contributed by atoms with Gasteiger partial charge in [-0.1, -0.05) is 0 Å². The van der Waals surface area contributed by atoms with Crippen molar-refractivity contribution in [1.82, 2.24) is 4.90 Å². The Hall–Kier alpha value is -0.660. The SMILES string of the molecule is COCCOCCOCCOCCOCCC(=O)N1CCC(CC(C)=O)(CC(=O)I)CC1. The lowest BCUT2D eigenvalue weighted by Gasteiger charge is -2.41. The van der Waals surface area contributed by atoms with Crippen molar-refractivity contribution in [1.29, 1.82) is 0 Å². The van der Waals surface area contributed by atoms with E-state index in [9.17, 15) is 14.4 Å². The first-order chi connectivity index (χ1) is 15.4. The molecule has 1 amide bonds. The van der Waals surface area contributed by atoms with Gasteiger partial charge in [0.1, 0.15) is 5.78 Å². The van der Waals surface area contributed by atoms with Gasteiger partial charge in [-0.2, -0.15) is 0 Å². The van der Waals surface area contributed by atoms with E-state index in [2.05, 4.69) is 0 Å². The molecular formula is C22H38INO8. The van der Waals surface area contributed by atoms with Crippen molar-refractivity contribution >= 4 is 38.1 Å². The third-order valence-corrected chi connectivity index (χ3v) is 5.70. The molecule has 9 nitrogen and oxygen atoms in total. The molecule has 0 aromatic heterocycles. The molecule has 1 fully saturated rings. The van der Waals surface area contributed by atoms with Crippen molar-refractivity contribution in [2.24, 2.45) is 5.41 Å². The second kappa shape index (κ2) is 17.8. The third-order valence-electron chi connectivity index (χ3n) is 5.32. The van der Waals surface area contributed by atoms with E-state index in [-0.39, 0.29) is 20.9 Å². The highest BCUT2D eigenvalue weighted by atomic mass is 127. The van der Waals surface area contributed by atoms with Crippen molar-refractivity contribution in [3.8, 4) is 0 Å². The second-order valence-electron chi connectivity index (χ2n) is 7.98. The highest BCUT2D eigenvalue weighted by Gasteiger charge is 2.38. The van der Waals surface area contributed by atoms with Crippen molar-refractivity contribution in [3.05, 3.63) is 0 Å². The van der Waals surface area contributed by atoms with E-state index in [1.807, 2.05) is 4.90 Å². The molecule has 1 saturated heterocycles. The molecule has 0 aromatic carbocycles. The summed E-state index contributed by atoms with van der Waals surface area (Å²) in [6, 6.07) is 0. The Morgan fingerprint density at radius 1 is 0.781 bits per heavy atom. The van der Waals surface area contributed by atoms with Crippen molar-refractivity contribution in [3.63, 3.8) is 0 Å². The zero-order chi connectivity index (χ0) is 23.7. The minimum absolute atomic E-state index is 0.0456. The summed E-state index contributed by atoms with van der Waals surface area (Å²) in [5, 5.41) is 0. The quantitative estimate of drug-likeness (QED) is 0.132. The van der Waals surface area contributed by atoms with Gasteiger partial charge < -0.3 is 33.4 Å². The number of methoxy groups -OCH3 is 1. The van der Waals surface area contributed by atoms with Crippen LogP contribution in [0.3, 0.4) is 0 Å². The summed E-state index contributed by atoms with van der Waals surface area (Å²) in [7, 11) is 1.63. The molecule has 0 bridgehead atoms. The number of ether oxygens (including phenoxy) is 5. The van der Waals surface area contributed by atoms with Crippen molar-refractivity contribution in [2.75, 3.05) is 79.7 Å². The normalized spacial score (nSPS) is 15.7. The Morgan fingerprint density at radius 3 is 1.69 bits per heavy atom. The lowest BCUT2D eigenvalue weighted by Crippen LogP contribution is -2.44. The first kappa shape index (κ1) is 29.4. The lowest BCUT2D eigenvalue weighted by molar-refractivity contribution is -0.135. The van der Waals surface area contributed by atoms with Crippen LogP contribution < -0.4 is 0 Å². The molecule has 0 aromatic rings. The van der Waals surface area contributed by atoms with Crippen LogP contribution in [0.25, 0.3) is 0 Å². The van der Waals surface area contributed by atoms with Crippen molar-refractivity contribution in [2.45, 2.75) is 39.0 Å². The number of carbonyl (C=O) groups is 3. The number of amides is 1. The Kier molecular flexibility index (Phi) is 16.3. The summed E-state index contributed by atoms with van der Waals surface area (Å²) >= 11 is 1.79. The average Bonchev–Trinajstić information content (AvgIpc) is 2.73. The largest absolute Gasteiger partial charge is 0.382 e. The average molecular weight is 571 g/mol. The molecule has 1 rings (SSSR count). The van der Waals surface area contributed by atoms with E-state index >= 15 is 0 Å². The van der Waals surface area contributed by atoms with Gasteiger partial charge in [0.15, 0.2) is 3.79 Å². The van der Waals surface area contributed by atoms with E-state index in [1.165, 1.54) is 0 Å². The maximum atomic E-state index is 12.4. The number of rotatable bonds is 19. The number of ketones is 1. The molecule has 186 valence electrons. The van der Waals surface area contributed by atoms with Crippen LogP contribution in [0, 0.1) is 5.41 Å². The van der Waals surface area contributed by atoms with Crippen LogP contribution in [0.5, 0.6) is 0 Å². The van der Waals surface area contributed by atoms with Gasteiger partial charge in [0, 0.05) is 33.0 Å². The van der Waals surface area contributed by atoms with Crippen LogP contribution in [-0.4, -0.2) is 100 Å². The number of hydrogen-bond acceptors (Lipinski definition) is 8. The van der Waals surface area contributed by atoms with Crippen molar-refractivity contribution < 1.29 is 38.1 Å². The molecule has 1 aliphatic rings. The van der Waals surface area contributed by atoms with Gasteiger partial charge in [-0.15, -0.1) is 0 Å². The van der Waals surface area contributed by atoms with Gasteiger partial charge in [0.25, 0.3) is 0 Å². The molecule has 0 spiro atoms. The summed E-state index contributed by atoms with van der Waals surface area (Å²) in [6.07, 6.45) is 2.48. The second-order valence-corrected chi connectivity index (χ2v) is 9.19. The molecular weight excluding hydrogens is 533 g/mol. The fraction of sp³-hybridized carbons (Fsp3) is 0.864. The first-order valence-corrected chi connectivity index (χ1v) is 12.2. The van der Waals surface area contributed by atoms with Gasteiger partial charge >= 0.3 is 0 Å². The molecule has 0 atom stereocenters. The minimum Gasteiger partial charge on any atom is -0.382 e. The zero-order valence-electron chi connectivity index (χ0n) is 19.4. The molecule has 10 heteroatoms. The van der Waals surface area contributed by atoms with Gasteiger partial charge in [-0.25, -0.2) is 0 Å². The highest BCUT2D eigenvalue weighted by molar-refractivity contribution is 14.1. The number of carbonyl (C=O) groups excluding carboxylic acids is 3. The molecule has 1 heterocycles. The molecule has 0 aliphatic carbocycles. The summed E-state index contributed by atoms with van der Waals surface area (Å²) in [5.41, 5.74) is -0.296. The minimum atomic E-state index is -0.296. The number of likely N-dealkylation sites (tertiary alicyclic amines) is 1. The molecule has 0 radical (unpaired) electrons. The van der Waals surface area contributed by atoms with E-state index in [4.69, 9.17) is 23.7 Å². The van der Waals surface area contributed by atoms with Crippen LogP contribution in [0.15, 0.2) is 0 Å². The number of nitrogens with zero attached hydrogens (tertiary/aromatic N) is 1. The fourth-order valence-electron chi connectivity index (χ4n) is 3.69. The van der Waals surface area contributed by atoms with Gasteiger partial charge in [0.05, 0.1) is 65.9 Å².